The van der Waals surface area contributed by atoms with E-state index in [4.69, 9.17) is 0 Å². The van der Waals surface area contributed by atoms with E-state index in [2.05, 4.69) is 22.1 Å². The Morgan fingerprint density at radius 1 is 1.25 bits per heavy atom. The minimum atomic E-state index is -1.07. The predicted octanol–water partition coefficient (Wildman–Crippen LogP) is 0.841. The van der Waals surface area contributed by atoms with Gasteiger partial charge in [-0.15, -0.1) is 0 Å². The first-order valence-corrected chi connectivity index (χ1v) is 9.90. The Morgan fingerprint density at radius 2 is 2.00 bits per heavy atom. The Hall–Kier alpha value is -2.37. The molecule has 0 amide bonds. The average Bonchev–Trinajstić information content (AvgIpc) is 3.07. The molecule has 1 atom stereocenters. The molecule has 0 aliphatic carbocycles. The van der Waals surface area contributed by atoms with E-state index >= 15 is 0 Å². The van der Waals surface area contributed by atoms with E-state index in [1.165, 1.54) is 9.13 Å². The molecule has 0 aromatic carbocycles. The maximum absolute atomic E-state index is 12.9. The predicted molar refractivity (Wildman–Crippen MR) is 110 cm³/mol. The molecular formula is C20H31N5O3. The quantitative estimate of drug-likeness (QED) is 0.490. The van der Waals surface area contributed by atoms with Gasteiger partial charge in [-0.2, -0.15) is 0 Å². The molecule has 0 spiro atoms. The zero-order chi connectivity index (χ0) is 20.7. The molecule has 0 saturated heterocycles. The Morgan fingerprint density at radius 3 is 2.68 bits per heavy atom. The van der Waals surface area contributed by atoms with Gasteiger partial charge in [-0.05, 0) is 39.2 Å². The highest BCUT2D eigenvalue weighted by Gasteiger charge is 2.18. The number of aliphatic hydroxyl groups is 1. The molecule has 2 rings (SSSR count). The lowest BCUT2D eigenvalue weighted by Gasteiger charge is -2.16. The van der Waals surface area contributed by atoms with E-state index < -0.39 is 5.60 Å². The van der Waals surface area contributed by atoms with Crippen molar-refractivity contribution in [1.29, 1.82) is 0 Å². The maximum Gasteiger partial charge on any atom is 0.332 e. The number of hydrogen-bond donors (Lipinski definition) is 2. The average molecular weight is 390 g/mol. The van der Waals surface area contributed by atoms with Crippen LogP contribution in [0.25, 0.3) is 11.2 Å². The molecule has 0 aliphatic rings. The summed E-state index contributed by atoms with van der Waals surface area (Å²) < 4.78 is 4.49. The molecular weight excluding hydrogens is 358 g/mol. The van der Waals surface area contributed by atoms with Crippen molar-refractivity contribution in [2.45, 2.75) is 65.1 Å². The highest BCUT2D eigenvalue weighted by atomic mass is 16.3. The van der Waals surface area contributed by atoms with Crippen LogP contribution in [-0.2, 0) is 20.1 Å². The van der Waals surface area contributed by atoms with Gasteiger partial charge in [-0.1, -0.05) is 25.7 Å². The summed E-state index contributed by atoms with van der Waals surface area (Å²) >= 11 is 0. The van der Waals surface area contributed by atoms with Crippen LogP contribution in [0.4, 0.5) is 0 Å². The molecule has 1 unspecified atom stereocenters. The van der Waals surface area contributed by atoms with Crippen molar-refractivity contribution in [3.63, 3.8) is 0 Å². The molecule has 0 bridgehead atoms. The van der Waals surface area contributed by atoms with Gasteiger partial charge >= 0.3 is 5.69 Å². The van der Waals surface area contributed by atoms with Crippen molar-refractivity contribution in [1.82, 2.24) is 24.0 Å². The lowest BCUT2D eigenvalue weighted by molar-refractivity contribution is 0.108. The van der Waals surface area contributed by atoms with Gasteiger partial charge in [0.2, 0.25) is 0 Å². The van der Waals surface area contributed by atoms with Crippen molar-refractivity contribution in [3.8, 4) is 11.8 Å². The van der Waals surface area contributed by atoms with E-state index in [0.29, 0.717) is 50.1 Å². The molecule has 2 heterocycles. The lowest BCUT2D eigenvalue weighted by atomic mass is 9.99. The van der Waals surface area contributed by atoms with Crippen LogP contribution in [0.5, 0.6) is 0 Å². The molecule has 0 radical (unpaired) electrons. The van der Waals surface area contributed by atoms with Gasteiger partial charge in [-0.3, -0.25) is 13.9 Å². The number of nitrogens with one attached hydrogen (secondary N) is 1. The van der Waals surface area contributed by atoms with Gasteiger partial charge in [0.25, 0.3) is 5.56 Å². The van der Waals surface area contributed by atoms with Crippen molar-refractivity contribution in [2.24, 2.45) is 7.05 Å². The molecule has 2 aromatic heterocycles. The second kappa shape index (κ2) is 9.71. The summed E-state index contributed by atoms with van der Waals surface area (Å²) in [6.45, 7) is 8.08. The minimum Gasteiger partial charge on any atom is -0.378 e. The van der Waals surface area contributed by atoms with Gasteiger partial charge in [0.15, 0.2) is 11.2 Å². The Labute approximate surface area is 165 Å². The van der Waals surface area contributed by atoms with Gasteiger partial charge in [-0.25, -0.2) is 9.78 Å². The lowest BCUT2D eigenvalue weighted by Crippen LogP contribution is -2.39. The van der Waals surface area contributed by atoms with Crippen molar-refractivity contribution >= 4 is 11.2 Å². The number of unbranched alkanes of at least 4 members (excludes halogenated alkanes) is 1. The Balaban J connectivity index is 2.10. The molecule has 2 N–H and O–H groups in total. The zero-order valence-corrected chi connectivity index (χ0v) is 17.3. The van der Waals surface area contributed by atoms with Crippen molar-refractivity contribution in [3.05, 3.63) is 27.2 Å². The fourth-order valence-electron chi connectivity index (χ4n) is 3.15. The van der Waals surface area contributed by atoms with Gasteiger partial charge in [0.1, 0.15) is 5.60 Å². The number of aryl methyl sites for hydroxylation is 2. The first-order chi connectivity index (χ1) is 13.3. The van der Waals surface area contributed by atoms with Crippen LogP contribution in [0.3, 0.4) is 0 Å². The van der Waals surface area contributed by atoms with Crippen LogP contribution in [0.15, 0.2) is 15.9 Å². The van der Waals surface area contributed by atoms with Gasteiger partial charge in [0.05, 0.1) is 12.9 Å². The molecule has 8 nitrogen and oxygen atoms in total. The van der Waals surface area contributed by atoms with Crippen LogP contribution in [0, 0.1) is 11.8 Å². The number of imidazole rings is 1. The number of hydrogen-bond acceptors (Lipinski definition) is 5. The van der Waals surface area contributed by atoms with E-state index in [1.54, 1.807) is 24.9 Å². The Kier molecular flexibility index (Phi) is 7.61. The summed E-state index contributed by atoms with van der Waals surface area (Å²) in [6, 6.07) is 0. The van der Waals surface area contributed by atoms with Crippen molar-refractivity contribution in [2.75, 3.05) is 13.1 Å². The summed E-state index contributed by atoms with van der Waals surface area (Å²) in [5, 5.41) is 13.4. The third kappa shape index (κ3) is 5.12. The van der Waals surface area contributed by atoms with Crippen LogP contribution in [-0.4, -0.2) is 42.5 Å². The zero-order valence-electron chi connectivity index (χ0n) is 17.3. The Bertz CT molecular complexity index is 972. The molecule has 154 valence electrons. The van der Waals surface area contributed by atoms with Crippen molar-refractivity contribution < 1.29 is 5.11 Å². The summed E-state index contributed by atoms with van der Waals surface area (Å²) in [6.07, 6.45) is 4.23. The minimum absolute atomic E-state index is 0.304. The highest BCUT2D eigenvalue weighted by molar-refractivity contribution is 5.69. The van der Waals surface area contributed by atoms with Crippen LogP contribution in [0.1, 0.15) is 46.5 Å². The smallest absolute Gasteiger partial charge is 0.332 e. The van der Waals surface area contributed by atoms with E-state index in [-0.39, 0.29) is 11.2 Å². The number of aromatic nitrogens is 4. The SMILES string of the molecule is CCCn1cnc2c1c(=O)n(CCCCC(C)(O)C#CCNCC)c(=O)n2C. The standard InChI is InChI=1S/C20H31N5O3/c1-5-13-24-15-22-17-16(24)18(26)25(19(27)23(17)4)14-8-7-10-20(3,28)11-9-12-21-6-2/h15,21,28H,5-8,10,12-14H2,1-4H3. The van der Waals surface area contributed by atoms with Crippen LogP contribution in [0.2, 0.25) is 0 Å². The first-order valence-electron chi connectivity index (χ1n) is 9.90. The maximum atomic E-state index is 12.9. The normalized spacial score (nSPS) is 13.3. The second-order valence-corrected chi connectivity index (χ2v) is 7.22. The third-order valence-corrected chi connectivity index (χ3v) is 4.68. The molecule has 2 aromatic rings. The molecule has 0 aliphatic heterocycles. The number of nitrogens with zero attached hydrogens (tertiary/aromatic N) is 4. The molecule has 0 saturated carbocycles. The van der Waals surface area contributed by atoms with E-state index in [9.17, 15) is 14.7 Å². The summed E-state index contributed by atoms with van der Waals surface area (Å²) in [5.41, 5.74) is -0.865. The summed E-state index contributed by atoms with van der Waals surface area (Å²) in [5.74, 6) is 5.78. The highest BCUT2D eigenvalue weighted by Crippen LogP contribution is 2.13. The molecule has 0 fully saturated rings. The molecule has 8 heteroatoms. The van der Waals surface area contributed by atoms with E-state index in [0.717, 1.165) is 13.0 Å². The van der Waals surface area contributed by atoms with Gasteiger partial charge in [0, 0.05) is 20.1 Å². The summed E-state index contributed by atoms with van der Waals surface area (Å²) in [7, 11) is 1.63. The fourth-order valence-corrected chi connectivity index (χ4v) is 3.15. The van der Waals surface area contributed by atoms with Gasteiger partial charge < -0.3 is 15.0 Å². The number of fused-ring (bicyclic) bond motifs is 1. The molecule has 28 heavy (non-hydrogen) atoms. The first kappa shape index (κ1) is 21.9. The van der Waals surface area contributed by atoms with E-state index in [1.807, 2.05) is 13.8 Å². The van der Waals surface area contributed by atoms with Crippen LogP contribution < -0.4 is 16.6 Å². The number of rotatable bonds is 9. The van der Waals surface area contributed by atoms with Crippen LogP contribution >= 0.6 is 0 Å². The topological polar surface area (TPSA) is 94.1 Å². The second-order valence-electron chi connectivity index (χ2n) is 7.22. The third-order valence-electron chi connectivity index (χ3n) is 4.68. The largest absolute Gasteiger partial charge is 0.378 e. The summed E-state index contributed by atoms with van der Waals surface area (Å²) in [4.78, 5) is 29.7. The fraction of sp³-hybridized carbons (Fsp3) is 0.650. The monoisotopic (exact) mass is 389 g/mol.